The van der Waals surface area contributed by atoms with E-state index in [0.29, 0.717) is 16.4 Å². The van der Waals surface area contributed by atoms with Gasteiger partial charge in [0.05, 0.1) is 11.4 Å². The van der Waals surface area contributed by atoms with E-state index in [-0.39, 0.29) is 5.56 Å². The highest BCUT2D eigenvalue weighted by Gasteiger charge is 2.12. The topological polar surface area (TPSA) is 62.2 Å². The van der Waals surface area contributed by atoms with Crippen LogP contribution in [0.1, 0.15) is 16.1 Å². The Balaban J connectivity index is 2.45. The Bertz CT molecular complexity index is 647. The molecule has 0 fully saturated rings. The summed E-state index contributed by atoms with van der Waals surface area (Å²) in [5.41, 5.74) is 2.01. The minimum atomic E-state index is -1.03. The lowest BCUT2D eigenvalue weighted by atomic mass is 10.2. The molecule has 2 N–H and O–H groups in total. The molecule has 1 heterocycles. The molecule has 98 valence electrons. The summed E-state index contributed by atoms with van der Waals surface area (Å²) in [5.74, 6) is -1.03. The van der Waals surface area contributed by atoms with Crippen molar-refractivity contribution in [3.63, 3.8) is 0 Å². The van der Waals surface area contributed by atoms with E-state index < -0.39 is 5.97 Å². The van der Waals surface area contributed by atoms with Gasteiger partial charge in [0.2, 0.25) is 0 Å². The molecule has 0 amide bonds. The SMILES string of the molecule is Cc1cc(Nc2cc(Cl)ccc2Br)c(C(=O)O)cn1. The summed E-state index contributed by atoms with van der Waals surface area (Å²) in [6.45, 7) is 1.80. The molecule has 0 unspecified atom stereocenters. The molecule has 0 aliphatic carbocycles. The third-order valence-electron chi connectivity index (χ3n) is 2.47. The third kappa shape index (κ3) is 3.24. The van der Waals surface area contributed by atoms with Crippen LogP contribution in [0.4, 0.5) is 11.4 Å². The van der Waals surface area contributed by atoms with Crippen molar-refractivity contribution in [3.05, 3.63) is 51.2 Å². The summed E-state index contributed by atoms with van der Waals surface area (Å²) in [5, 5.41) is 12.8. The van der Waals surface area contributed by atoms with E-state index in [9.17, 15) is 4.79 Å². The molecule has 2 rings (SSSR count). The molecule has 0 aliphatic heterocycles. The number of anilines is 2. The summed E-state index contributed by atoms with van der Waals surface area (Å²) in [7, 11) is 0. The average Bonchev–Trinajstić information content (AvgIpc) is 2.33. The van der Waals surface area contributed by atoms with Gasteiger partial charge in [0.15, 0.2) is 0 Å². The highest BCUT2D eigenvalue weighted by molar-refractivity contribution is 9.10. The first-order valence-corrected chi connectivity index (χ1v) is 6.56. The maximum atomic E-state index is 11.2. The quantitative estimate of drug-likeness (QED) is 0.876. The number of halogens is 2. The van der Waals surface area contributed by atoms with Gasteiger partial charge in [-0.15, -0.1) is 0 Å². The van der Waals surface area contributed by atoms with Gasteiger partial charge < -0.3 is 10.4 Å². The Labute approximate surface area is 123 Å². The van der Waals surface area contributed by atoms with Gasteiger partial charge in [-0.3, -0.25) is 4.98 Å². The molecule has 1 aromatic heterocycles. The zero-order chi connectivity index (χ0) is 14.0. The fourth-order valence-electron chi connectivity index (χ4n) is 1.57. The van der Waals surface area contributed by atoms with Crippen LogP contribution in [0, 0.1) is 6.92 Å². The van der Waals surface area contributed by atoms with Gasteiger partial charge in [-0.25, -0.2) is 4.79 Å². The first-order valence-electron chi connectivity index (χ1n) is 5.39. The molecule has 19 heavy (non-hydrogen) atoms. The van der Waals surface area contributed by atoms with Gasteiger partial charge in [-0.05, 0) is 47.1 Å². The molecular weight excluding hydrogens is 332 g/mol. The zero-order valence-electron chi connectivity index (χ0n) is 9.95. The molecule has 0 saturated carbocycles. The Hall–Kier alpha value is -1.59. The molecule has 0 spiro atoms. The Kier molecular flexibility index (Phi) is 4.07. The minimum Gasteiger partial charge on any atom is -0.478 e. The van der Waals surface area contributed by atoms with Crippen LogP contribution < -0.4 is 5.32 Å². The number of carboxylic acid groups (broad SMARTS) is 1. The summed E-state index contributed by atoms with van der Waals surface area (Å²) in [4.78, 5) is 15.1. The number of aromatic nitrogens is 1. The molecule has 0 bridgehead atoms. The van der Waals surface area contributed by atoms with Crippen LogP contribution in [0.5, 0.6) is 0 Å². The van der Waals surface area contributed by atoms with Crippen LogP contribution in [-0.2, 0) is 0 Å². The van der Waals surface area contributed by atoms with Crippen LogP contribution in [0.2, 0.25) is 5.02 Å². The van der Waals surface area contributed by atoms with Gasteiger partial charge in [-0.2, -0.15) is 0 Å². The van der Waals surface area contributed by atoms with Crippen LogP contribution in [0.15, 0.2) is 34.9 Å². The smallest absolute Gasteiger partial charge is 0.339 e. The number of aryl methyl sites for hydroxylation is 1. The second-order valence-electron chi connectivity index (χ2n) is 3.93. The highest BCUT2D eigenvalue weighted by atomic mass is 79.9. The van der Waals surface area contributed by atoms with Gasteiger partial charge in [0, 0.05) is 21.4 Å². The van der Waals surface area contributed by atoms with E-state index in [1.807, 2.05) is 0 Å². The molecule has 1 aromatic carbocycles. The number of hydrogen-bond donors (Lipinski definition) is 2. The molecular formula is C13H10BrClN2O2. The summed E-state index contributed by atoms with van der Waals surface area (Å²) in [6, 6.07) is 6.93. The van der Waals surface area contributed by atoms with E-state index in [0.717, 1.165) is 10.2 Å². The molecule has 0 aliphatic rings. The summed E-state index contributed by atoms with van der Waals surface area (Å²) >= 11 is 9.31. The minimum absolute atomic E-state index is 0.109. The lowest BCUT2D eigenvalue weighted by molar-refractivity contribution is 0.0697. The molecule has 4 nitrogen and oxygen atoms in total. The predicted molar refractivity (Wildman–Crippen MR) is 78.4 cm³/mol. The van der Waals surface area contributed by atoms with E-state index in [1.165, 1.54) is 6.20 Å². The first-order chi connectivity index (χ1) is 8.97. The number of aromatic carboxylic acids is 1. The number of pyridine rings is 1. The van der Waals surface area contributed by atoms with Gasteiger partial charge >= 0.3 is 5.97 Å². The van der Waals surface area contributed by atoms with Crippen molar-refractivity contribution < 1.29 is 9.90 Å². The van der Waals surface area contributed by atoms with Gasteiger partial charge in [-0.1, -0.05) is 11.6 Å². The van der Waals surface area contributed by atoms with Crippen molar-refractivity contribution in [1.29, 1.82) is 0 Å². The monoisotopic (exact) mass is 340 g/mol. The lowest BCUT2D eigenvalue weighted by Gasteiger charge is -2.12. The molecule has 0 radical (unpaired) electrons. The number of nitrogens with zero attached hydrogens (tertiary/aromatic N) is 1. The van der Waals surface area contributed by atoms with Crippen molar-refractivity contribution in [3.8, 4) is 0 Å². The fraction of sp³-hybridized carbons (Fsp3) is 0.0769. The van der Waals surface area contributed by atoms with Crippen molar-refractivity contribution in [1.82, 2.24) is 4.98 Å². The number of carbonyl (C=O) groups is 1. The van der Waals surface area contributed by atoms with E-state index in [2.05, 4.69) is 26.2 Å². The van der Waals surface area contributed by atoms with Crippen molar-refractivity contribution in [2.45, 2.75) is 6.92 Å². The van der Waals surface area contributed by atoms with Crippen molar-refractivity contribution in [2.24, 2.45) is 0 Å². The maximum absolute atomic E-state index is 11.2. The van der Waals surface area contributed by atoms with Crippen molar-refractivity contribution in [2.75, 3.05) is 5.32 Å². The Morgan fingerprint density at radius 3 is 2.79 bits per heavy atom. The van der Waals surface area contributed by atoms with Crippen LogP contribution >= 0.6 is 27.5 Å². The fourth-order valence-corrected chi connectivity index (χ4v) is 2.09. The number of benzene rings is 1. The molecule has 0 atom stereocenters. The van der Waals surface area contributed by atoms with Gasteiger partial charge in [0.1, 0.15) is 5.56 Å². The number of carboxylic acids is 1. The second kappa shape index (κ2) is 5.59. The molecule has 0 saturated heterocycles. The van der Waals surface area contributed by atoms with E-state index in [1.54, 1.807) is 31.2 Å². The van der Waals surface area contributed by atoms with E-state index in [4.69, 9.17) is 16.7 Å². The van der Waals surface area contributed by atoms with Crippen LogP contribution in [0.3, 0.4) is 0 Å². The predicted octanol–water partition coefficient (Wildman–Crippen LogP) is 4.25. The molecule has 2 aromatic rings. The van der Waals surface area contributed by atoms with E-state index >= 15 is 0 Å². The normalized spacial score (nSPS) is 10.3. The van der Waals surface area contributed by atoms with Crippen molar-refractivity contribution >= 4 is 44.9 Å². The third-order valence-corrected chi connectivity index (χ3v) is 3.40. The zero-order valence-corrected chi connectivity index (χ0v) is 12.3. The lowest BCUT2D eigenvalue weighted by Crippen LogP contribution is -2.04. The standard InChI is InChI=1S/C13H10BrClN2O2/c1-7-4-11(9(6-16-7)13(18)19)17-12-5-8(15)2-3-10(12)14/h2-6H,1H3,(H,16,17)(H,18,19). The first kappa shape index (κ1) is 13.8. The summed E-state index contributed by atoms with van der Waals surface area (Å²) < 4.78 is 0.794. The molecule has 6 heteroatoms. The summed E-state index contributed by atoms with van der Waals surface area (Å²) in [6.07, 6.45) is 1.33. The van der Waals surface area contributed by atoms with Crippen LogP contribution in [0.25, 0.3) is 0 Å². The maximum Gasteiger partial charge on any atom is 0.339 e. The Morgan fingerprint density at radius 2 is 2.11 bits per heavy atom. The van der Waals surface area contributed by atoms with Crippen LogP contribution in [-0.4, -0.2) is 16.1 Å². The number of rotatable bonds is 3. The highest BCUT2D eigenvalue weighted by Crippen LogP contribution is 2.30. The Morgan fingerprint density at radius 1 is 1.37 bits per heavy atom. The average molecular weight is 342 g/mol. The second-order valence-corrected chi connectivity index (χ2v) is 5.22. The largest absolute Gasteiger partial charge is 0.478 e. The number of hydrogen-bond acceptors (Lipinski definition) is 3. The van der Waals surface area contributed by atoms with Gasteiger partial charge in [0.25, 0.3) is 0 Å². The number of nitrogens with one attached hydrogen (secondary N) is 1.